The van der Waals surface area contributed by atoms with Crippen LogP contribution in [0.1, 0.15) is 62.6 Å². The Balaban J connectivity index is 0.000000209. The van der Waals surface area contributed by atoms with E-state index in [-0.39, 0.29) is 31.4 Å². The SMILES string of the molecule is C.C1CC2(CCN1)OCCO2.C=Cc1cnc(Cl)c(Cl)c1.C=Cc1cnc(N2CCC(=O)CC2)c(Cl)c1.C=Cc1cnc(N2CCC3(CC2)OCCO3)c(Cl)c1.Cl. The Kier molecular flexibility index (Phi) is 20.2. The average molecular weight is 887 g/mol. The Labute approximate surface area is 363 Å². The van der Waals surface area contributed by atoms with Crippen LogP contribution >= 0.6 is 58.8 Å². The average Bonchev–Trinajstić information content (AvgIpc) is 3.87. The lowest BCUT2D eigenvalue weighted by Gasteiger charge is -2.38. The molecule has 0 bridgehead atoms. The number of nitrogens with one attached hydrogen (secondary N) is 1. The van der Waals surface area contributed by atoms with Crippen molar-refractivity contribution < 1.29 is 23.7 Å². The van der Waals surface area contributed by atoms with E-state index >= 15 is 0 Å². The Hall–Kier alpha value is -2.81. The van der Waals surface area contributed by atoms with Crippen LogP contribution in [0.5, 0.6) is 0 Å². The number of Topliss-reactive ketones (excluding diaryl/α,β-unsaturated/α-hetero) is 1. The summed E-state index contributed by atoms with van der Waals surface area (Å²) < 4.78 is 22.5. The van der Waals surface area contributed by atoms with Crippen molar-refractivity contribution in [2.24, 2.45) is 0 Å². The highest BCUT2D eigenvalue weighted by Gasteiger charge is 2.40. The minimum Gasteiger partial charge on any atom is -0.355 e. The maximum absolute atomic E-state index is 11.1. The number of aromatic nitrogens is 3. The van der Waals surface area contributed by atoms with Crippen molar-refractivity contribution in [1.82, 2.24) is 20.3 Å². The van der Waals surface area contributed by atoms with E-state index in [9.17, 15) is 4.79 Å². The topological polar surface area (TPSA) is 111 Å². The van der Waals surface area contributed by atoms with Crippen molar-refractivity contribution in [3.63, 3.8) is 0 Å². The van der Waals surface area contributed by atoms with E-state index in [1.165, 1.54) is 0 Å². The second kappa shape index (κ2) is 23.7. The molecular formula is C41H53Cl5N6O5. The van der Waals surface area contributed by atoms with Crippen molar-refractivity contribution in [1.29, 1.82) is 0 Å². The predicted octanol–water partition coefficient (Wildman–Crippen LogP) is 9.47. The lowest BCUT2D eigenvalue weighted by molar-refractivity contribution is -0.172. The summed E-state index contributed by atoms with van der Waals surface area (Å²) in [6.45, 7) is 19.1. The lowest BCUT2D eigenvalue weighted by Crippen LogP contribution is -2.45. The van der Waals surface area contributed by atoms with Crippen molar-refractivity contribution in [3.05, 3.63) is 93.4 Å². The first-order chi connectivity index (χ1) is 26.6. The van der Waals surface area contributed by atoms with Crippen LogP contribution in [0, 0.1) is 0 Å². The van der Waals surface area contributed by atoms with Crippen LogP contribution in [0.2, 0.25) is 20.2 Å². The van der Waals surface area contributed by atoms with Gasteiger partial charge in [-0.25, -0.2) is 15.0 Å². The zero-order chi connectivity index (χ0) is 39.3. The summed E-state index contributed by atoms with van der Waals surface area (Å²) in [6.07, 6.45) is 15.2. The highest BCUT2D eigenvalue weighted by Crippen LogP contribution is 2.35. The van der Waals surface area contributed by atoms with E-state index in [4.69, 9.17) is 65.4 Å². The Bertz CT molecular complexity index is 1760. The molecule has 5 aliphatic heterocycles. The lowest BCUT2D eigenvalue weighted by atomic mass is 10.0. The Morgan fingerprint density at radius 2 is 1.00 bits per heavy atom. The zero-order valence-electron chi connectivity index (χ0n) is 31.3. The molecule has 0 radical (unpaired) electrons. The van der Waals surface area contributed by atoms with Gasteiger partial charge in [0.05, 0.1) is 41.5 Å². The van der Waals surface area contributed by atoms with Gasteiger partial charge in [0, 0.05) is 96.4 Å². The van der Waals surface area contributed by atoms with Gasteiger partial charge in [-0.15, -0.1) is 12.4 Å². The van der Waals surface area contributed by atoms with Crippen LogP contribution in [0.15, 0.2) is 56.5 Å². The number of pyridine rings is 3. The summed E-state index contributed by atoms with van der Waals surface area (Å²) in [5.74, 6) is 1.37. The molecule has 3 aromatic heterocycles. The summed E-state index contributed by atoms with van der Waals surface area (Å²) in [4.78, 5) is 27.9. The summed E-state index contributed by atoms with van der Waals surface area (Å²) >= 11 is 23.6. The minimum atomic E-state index is -0.357. The van der Waals surface area contributed by atoms with Crippen LogP contribution in [0.25, 0.3) is 18.2 Å². The standard InChI is InChI=1S/C14H17ClN2O2.C12H13ClN2O.C7H5Cl2N.C7H13NO2.CH4.ClH/c1-2-11-9-12(15)13(16-10-11)17-5-3-14(4-6-17)18-7-8-19-14;1-2-9-7-11(13)12(14-8-9)15-5-3-10(16)4-6-15;1-2-5-3-6(8)7(9)10-4-5;1-3-8-4-2-7(1)9-5-6-10-7;;/h2,9-10H,1,3-8H2;2,7-8H,1,3-6H2;2-4H,1H2;8H,1-6H2;1H4;1H. The molecule has 8 rings (SSSR count). The molecule has 5 fully saturated rings. The van der Waals surface area contributed by atoms with Gasteiger partial charge in [0.15, 0.2) is 11.6 Å². The van der Waals surface area contributed by atoms with Gasteiger partial charge in [0.1, 0.15) is 22.6 Å². The number of rotatable bonds is 5. The van der Waals surface area contributed by atoms with Gasteiger partial charge in [0.25, 0.3) is 0 Å². The van der Waals surface area contributed by atoms with E-state index in [0.717, 1.165) is 93.4 Å². The Morgan fingerprint density at radius 3 is 1.40 bits per heavy atom. The predicted molar refractivity (Wildman–Crippen MR) is 236 cm³/mol. The number of nitrogens with zero attached hydrogens (tertiary/aromatic N) is 5. The highest BCUT2D eigenvalue weighted by atomic mass is 35.5. The van der Waals surface area contributed by atoms with E-state index in [0.29, 0.717) is 65.1 Å². The molecule has 57 heavy (non-hydrogen) atoms. The third-order valence-electron chi connectivity index (χ3n) is 9.65. The second-order valence-electron chi connectivity index (χ2n) is 13.3. The number of hydrogen-bond acceptors (Lipinski definition) is 11. The third kappa shape index (κ3) is 13.9. The van der Waals surface area contributed by atoms with Gasteiger partial charge in [-0.05, 0) is 34.9 Å². The molecule has 0 saturated carbocycles. The maximum atomic E-state index is 11.1. The van der Waals surface area contributed by atoms with E-state index in [2.05, 4.69) is 49.8 Å². The molecule has 8 heterocycles. The number of anilines is 2. The monoisotopic (exact) mass is 884 g/mol. The molecular weight excluding hydrogens is 834 g/mol. The molecule has 1 N–H and O–H groups in total. The molecule has 16 heteroatoms. The van der Waals surface area contributed by atoms with Gasteiger partial charge in [-0.2, -0.15) is 0 Å². The largest absolute Gasteiger partial charge is 0.355 e. The number of hydrogen-bond donors (Lipinski definition) is 1. The number of piperidine rings is 3. The molecule has 0 aromatic carbocycles. The fraction of sp³-hybridized carbons (Fsp3) is 0.463. The van der Waals surface area contributed by atoms with Crippen molar-refractivity contribution in [2.45, 2.75) is 57.5 Å². The molecule has 0 amide bonds. The summed E-state index contributed by atoms with van der Waals surface area (Å²) in [5.41, 5.74) is 2.71. The molecule has 0 aliphatic carbocycles. The van der Waals surface area contributed by atoms with Crippen LogP contribution in [-0.4, -0.2) is 98.0 Å². The quantitative estimate of drug-likeness (QED) is 0.248. The number of ketones is 1. The van der Waals surface area contributed by atoms with Crippen LogP contribution < -0.4 is 15.1 Å². The normalized spacial score (nSPS) is 19.0. The van der Waals surface area contributed by atoms with Gasteiger partial charge < -0.3 is 34.1 Å². The number of ether oxygens (including phenoxy) is 4. The molecule has 0 unspecified atom stereocenters. The fourth-order valence-electron chi connectivity index (χ4n) is 6.53. The van der Waals surface area contributed by atoms with Crippen LogP contribution in [-0.2, 0) is 23.7 Å². The van der Waals surface area contributed by atoms with Crippen LogP contribution in [0.4, 0.5) is 11.6 Å². The Morgan fingerprint density at radius 1 is 0.614 bits per heavy atom. The van der Waals surface area contributed by atoms with Crippen molar-refractivity contribution in [2.75, 3.05) is 75.5 Å². The summed E-state index contributed by atoms with van der Waals surface area (Å²) in [5, 5.41) is 5.35. The maximum Gasteiger partial charge on any atom is 0.171 e. The van der Waals surface area contributed by atoms with Gasteiger partial charge in [0.2, 0.25) is 0 Å². The molecule has 5 saturated heterocycles. The van der Waals surface area contributed by atoms with Crippen molar-refractivity contribution >= 4 is 94.5 Å². The zero-order valence-corrected chi connectivity index (χ0v) is 35.2. The minimum absolute atomic E-state index is 0. The molecule has 5 aliphatic rings. The van der Waals surface area contributed by atoms with E-state index < -0.39 is 0 Å². The smallest absolute Gasteiger partial charge is 0.171 e. The second-order valence-corrected chi connectivity index (χ2v) is 14.9. The highest BCUT2D eigenvalue weighted by molar-refractivity contribution is 6.41. The first-order valence-corrected chi connectivity index (χ1v) is 19.9. The van der Waals surface area contributed by atoms with Gasteiger partial charge >= 0.3 is 0 Å². The number of carbonyl (C=O) groups excluding carboxylic acids is 1. The summed E-state index contributed by atoms with van der Waals surface area (Å²) in [6, 6.07) is 5.45. The van der Waals surface area contributed by atoms with Gasteiger partial charge in [-0.1, -0.05) is 91.8 Å². The van der Waals surface area contributed by atoms with E-state index in [1.807, 2.05) is 12.1 Å². The molecule has 3 aromatic rings. The molecule has 11 nitrogen and oxygen atoms in total. The third-order valence-corrected chi connectivity index (χ3v) is 10.9. The fourth-order valence-corrected chi connectivity index (χ4v) is 7.40. The first kappa shape index (κ1) is 48.6. The molecule has 312 valence electrons. The number of halogens is 5. The van der Waals surface area contributed by atoms with E-state index in [1.54, 1.807) is 42.9 Å². The number of carbonyl (C=O) groups is 1. The van der Waals surface area contributed by atoms with Crippen molar-refractivity contribution in [3.8, 4) is 0 Å². The van der Waals surface area contributed by atoms with Crippen LogP contribution in [0.3, 0.4) is 0 Å². The summed E-state index contributed by atoms with van der Waals surface area (Å²) in [7, 11) is 0. The first-order valence-electron chi connectivity index (χ1n) is 18.4. The molecule has 0 atom stereocenters. The van der Waals surface area contributed by atoms with Gasteiger partial charge in [-0.3, -0.25) is 4.79 Å². The molecule has 2 spiro atoms.